The van der Waals surface area contributed by atoms with Crippen LogP contribution >= 0.6 is 27.3 Å². The zero-order chi connectivity index (χ0) is 12.0. The van der Waals surface area contributed by atoms with E-state index in [9.17, 15) is 8.42 Å². The van der Waals surface area contributed by atoms with Gasteiger partial charge in [-0.2, -0.15) is 0 Å². The van der Waals surface area contributed by atoms with E-state index in [0.29, 0.717) is 11.4 Å². The van der Waals surface area contributed by atoms with E-state index in [1.807, 2.05) is 6.92 Å². The predicted octanol–water partition coefficient (Wildman–Crippen LogP) is 2.90. The molecule has 16 heavy (non-hydrogen) atoms. The Morgan fingerprint density at radius 2 is 2.19 bits per heavy atom. The lowest BCUT2D eigenvalue weighted by Gasteiger charge is -2.10. The summed E-state index contributed by atoms with van der Waals surface area (Å²) >= 11 is 4.75. The van der Waals surface area contributed by atoms with Crippen molar-refractivity contribution in [2.24, 2.45) is 5.41 Å². The summed E-state index contributed by atoms with van der Waals surface area (Å²) in [6.45, 7) is 4.47. The van der Waals surface area contributed by atoms with Gasteiger partial charge in [0.05, 0.1) is 8.68 Å². The van der Waals surface area contributed by atoms with Crippen LogP contribution in [0.3, 0.4) is 0 Å². The van der Waals surface area contributed by atoms with E-state index < -0.39 is 10.0 Å². The van der Waals surface area contributed by atoms with Gasteiger partial charge in [0, 0.05) is 11.4 Å². The van der Waals surface area contributed by atoms with Gasteiger partial charge in [0.2, 0.25) is 10.0 Å². The third-order valence-corrected chi connectivity index (χ3v) is 6.13. The molecule has 0 amide bonds. The Labute approximate surface area is 108 Å². The van der Waals surface area contributed by atoms with Crippen molar-refractivity contribution >= 4 is 37.3 Å². The molecule has 1 heterocycles. The number of rotatable bonds is 4. The van der Waals surface area contributed by atoms with E-state index >= 15 is 0 Å². The number of hydrogen-bond acceptors (Lipinski definition) is 3. The Morgan fingerprint density at radius 1 is 1.56 bits per heavy atom. The molecule has 0 saturated heterocycles. The minimum absolute atomic E-state index is 0.189. The molecule has 1 fully saturated rings. The molecule has 6 heteroatoms. The zero-order valence-electron chi connectivity index (χ0n) is 9.21. The Morgan fingerprint density at radius 3 is 2.62 bits per heavy atom. The highest BCUT2D eigenvalue weighted by molar-refractivity contribution is 9.11. The monoisotopic (exact) mass is 323 g/mol. The van der Waals surface area contributed by atoms with Gasteiger partial charge >= 0.3 is 0 Å². The van der Waals surface area contributed by atoms with Gasteiger partial charge in [-0.15, -0.1) is 11.3 Å². The SMILES string of the molecule is Cc1sc(Br)cc1S(=O)(=O)NCC1(C)CC1. The van der Waals surface area contributed by atoms with Gasteiger partial charge in [-0.25, -0.2) is 13.1 Å². The van der Waals surface area contributed by atoms with Crippen molar-refractivity contribution in [2.45, 2.75) is 31.6 Å². The van der Waals surface area contributed by atoms with Crippen LogP contribution < -0.4 is 4.72 Å². The molecule has 1 aromatic rings. The van der Waals surface area contributed by atoms with Gasteiger partial charge in [0.15, 0.2) is 0 Å². The summed E-state index contributed by atoms with van der Waals surface area (Å²) in [6.07, 6.45) is 2.23. The normalized spacial score (nSPS) is 18.7. The van der Waals surface area contributed by atoms with Crippen LogP contribution in [0.4, 0.5) is 0 Å². The second-order valence-corrected chi connectivity index (χ2v) is 8.98. The van der Waals surface area contributed by atoms with Crippen LogP contribution in [0.2, 0.25) is 0 Å². The number of nitrogens with one attached hydrogen (secondary N) is 1. The molecule has 1 N–H and O–H groups in total. The molecule has 1 saturated carbocycles. The maximum atomic E-state index is 12.0. The van der Waals surface area contributed by atoms with Gasteiger partial charge < -0.3 is 0 Å². The number of thiophene rings is 1. The smallest absolute Gasteiger partial charge is 0.211 e. The Balaban J connectivity index is 2.15. The fourth-order valence-electron chi connectivity index (χ4n) is 1.43. The highest BCUT2D eigenvalue weighted by atomic mass is 79.9. The lowest BCUT2D eigenvalue weighted by atomic mass is 10.2. The third kappa shape index (κ3) is 2.67. The second kappa shape index (κ2) is 4.08. The second-order valence-electron chi connectivity index (χ2n) is 4.61. The average molecular weight is 324 g/mol. The van der Waals surface area contributed by atoms with E-state index in [4.69, 9.17) is 0 Å². The summed E-state index contributed by atoms with van der Waals surface area (Å²) in [7, 11) is -3.33. The minimum Gasteiger partial charge on any atom is -0.211 e. The van der Waals surface area contributed by atoms with Crippen LogP contribution in [0, 0.1) is 12.3 Å². The van der Waals surface area contributed by atoms with Crippen LogP contribution in [-0.2, 0) is 10.0 Å². The van der Waals surface area contributed by atoms with E-state index in [0.717, 1.165) is 21.5 Å². The van der Waals surface area contributed by atoms with E-state index in [1.165, 1.54) is 11.3 Å². The van der Waals surface area contributed by atoms with Crippen LogP contribution in [0.1, 0.15) is 24.6 Å². The van der Waals surface area contributed by atoms with Crippen molar-refractivity contribution < 1.29 is 8.42 Å². The quantitative estimate of drug-likeness (QED) is 0.926. The molecule has 1 aliphatic carbocycles. The summed E-state index contributed by atoms with van der Waals surface area (Å²) in [5.74, 6) is 0. The van der Waals surface area contributed by atoms with Gasteiger partial charge in [-0.1, -0.05) is 6.92 Å². The Hall–Kier alpha value is 0.0900. The Bertz CT molecular complexity index is 503. The maximum absolute atomic E-state index is 12.0. The Kier molecular flexibility index (Phi) is 3.20. The molecule has 0 unspecified atom stereocenters. The van der Waals surface area contributed by atoms with Crippen molar-refractivity contribution in [3.05, 3.63) is 14.7 Å². The highest BCUT2D eigenvalue weighted by Crippen LogP contribution is 2.44. The number of hydrogen-bond donors (Lipinski definition) is 1. The summed E-state index contributed by atoms with van der Waals surface area (Å²) in [6, 6.07) is 1.66. The summed E-state index contributed by atoms with van der Waals surface area (Å²) < 4.78 is 27.6. The summed E-state index contributed by atoms with van der Waals surface area (Å²) in [5, 5.41) is 0. The fourth-order valence-corrected chi connectivity index (χ4v) is 5.05. The van der Waals surface area contributed by atoms with Crippen molar-refractivity contribution in [1.82, 2.24) is 4.72 Å². The lowest BCUT2D eigenvalue weighted by molar-refractivity contribution is 0.530. The minimum atomic E-state index is -3.33. The van der Waals surface area contributed by atoms with Crippen molar-refractivity contribution in [2.75, 3.05) is 6.54 Å². The van der Waals surface area contributed by atoms with Crippen LogP contribution in [0.25, 0.3) is 0 Å². The largest absolute Gasteiger partial charge is 0.241 e. The average Bonchev–Trinajstić information content (AvgIpc) is 2.81. The molecule has 3 nitrogen and oxygen atoms in total. The maximum Gasteiger partial charge on any atom is 0.241 e. The first kappa shape index (κ1) is 12.5. The first-order chi connectivity index (χ1) is 7.32. The number of aryl methyl sites for hydroxylation is 1. The highest BCUT2D eigenvalue weighted by Gasteiger charge is 2.38. The topological polar surface area (TPSA) is 46.2 Å². The van der Waals surface area contributed by atoms with Crippen molar-refractivity contribution in [1.29, 1.82) is 0 Å². The molecule has 0 aliphatic heterocycles. The molecule has 1 aliphatic rings. The molecule has 0 bridgehead atoms. The van der Waals surface area contributed by atoms with Crippen LogP contribution in [0.15, 0.2) is 14.7 Å². The zero-order valence-corrected chi connectivity index (χ0v) is 12.4. The van der Waals surface area contributed by atoms with E-state index in [-0.39, 0.29) is 5.41 Å². The molecule has 90 valence electrons. The summed E-state index contributed by atoms with van der Waals surface area (Å²) in [4.78, 5) is 1.22. The first-order valence-corrected chi connectivity index (χ1v) is 8.17. The fraction of sp³-hybridized carbons (Fsp3) is 0.600. The predicted molar refractivity (Wildman–Crippen MR) is 69.3 cm³/mol. The van der Waals surface area contributed by atoms with E-state index in [2.05, 4.69) is 27.6 Å². The molecule has 0 aromatic carbocycles. The van der Waals surface area contributed by atoms with Crippen LogP contribution in [0.5, 0.6) is 0 Å². The first-order valence-electron chi connectivity index (χ1n) is 5.08. The standard InChI is InChI=1S/C10H14BrNO2S2/c1-7-8(5-9(11)15-7)16(13,14)12-6-10(2)3-4-10/h5,12H,3-4,6H2,1-2H3. The summed E-state index contributed by atoms with van der Waals surface area (Å²) in [5.41, 5.74) is 0.189. The van der Waals surface area contributed by atoms with Crippen LogP contribution in [-0.4, -0.2) is 15.0 Å². The van der Waals surface area contributed by atoms with Gasteiger partial charge in [0.25, 0.3) is 0 Å². The molecular formula is C10H14BrNO2S2. The van der Waals surface area contributed by atoms with Crippen molar-refractivity contribution in [3.63, 3.8) is 0 Å². The molecular weight excluding hydrogens is 310 g/mol. The third-order valence-electron chi connectivity index (χ3n) is 2.92. The van der Waals surface area contributed by atoms with Gasteiger partial charge in [-0.05, 0) is 47.2 Å². The van der Waals surface area contributed by atoms with Gasteiger partial charge in [0.1, 0.15) is 0 Å². The van der Waals surface area contributed by atoms with E-state index in [1.54, 1.807) is 6.07 Å². The molecule has 2 rings (SSSR count). The molecule has 1 aromatic heterocycles. The van der Waals surface area contributed by atoms with Gasteiger partial charge in [-0.3, -0.25) is 0 Å². The lowest BCUT2D eigenvalue weighted by Crippen LogP contribution is -2.29. The van der Waals surface area contributed by atoms with Crippen molar-refractivity contribution in [3.8, 4) is 0 Å². The number of halogens is 1. The molecule has 0 atom stereocenters. The molecule has 0 radical (unpaired) electrons. The number of sulfonamides is 1. The molecule has 0 spiro atoms.